The summed E-state index contributed by atoms with van der Waals surface area (Å²) < 4.78 is 14.3. The first-order valence-electron chi connectivity index (χ1n) is 12.6. The Morgan fingerprint density at radius 2 is 1.65 bits per heavy atom. The lowest BCUT2D eigenvalue weighted by Crippen LogP contribution is -2.34. The smallest absolute Gasteiger partial charge is 0.209 e. The number of hydrogen-bond donors (Lipinski definition) is 0. The van der Waals surface area contributed by atoms with E-state index in [1.54, 1.807) is 6.07 Å². The predicted octanol–water partition coefficient (Wildman–Crippen LogP) is 5.85. The SMILES string of the molecule is CC1CCCN(c2ccc(N3CCCC3)cc2F)C1.CCN(C=O)C1CCCCCC1. The monoisotopic (exact) mass is 431 g/mol. The van der Waals surface area contributed by atoms with Crippen molar-refractivity contribution in [1.82, 2.24) is 4.90 Å². The molecule has 1 aromatic rings. The number of carbonyl (C=O) groups excluding carboxylic acids is 1. The molecule has 0 N–H and O–H groups in total. The zero-order chi connectivity index (χ0) is 22.1. The van der Waals surface area contributed by atoms with Crippen LogP contribution in [0.1, 0.15) is 78.1 Å². The van der Waals surface area contributed by atoms with Gasteiger partial charge in [0.15, 0.2) is 0 Å². The first-order valence-corrected chi connectivity index (χ1v) is 12.6. The molecule has 2 heterocycles. The maximum atomic E-state index is 14.3. The standard InChI is InChI=1S/C16H23FN2.C10H19NO/c1-13-5-4-10-19(12-13)16-7-6-14(11-15(16)17)18-8-2-3-9-18;1-2-11(9-12)10-7-5-3-4-6-8-10/h6-7,11,13H,2-5,8-10,12H2,1H3;9-10H,2-8H2,1H3. The van der Waals surface area contributed by atoms with Crippen molar-refractivity contribution in [3.05, 3.63) is 24.0 Å². The van der Waals surface area contributed by atoms with Crippen molar-refractivity contribution in [3.63, 3.8) is 0 Å². The van der Waals surface area contributed by atoms with Crippen LogP contribution >= 0.6 is 0 Å². The highest BCUT2D eigenvalue weighted by atomic mass is 19.1. The third kappa shape index (κ3) is 6.85. The molecule has 3 aliphatic rings. The minimum Gasteiger partial charge on any atom is -0.371 e. The Morgan fingerprint density at radius 1 is 0.968 bits per heavy atom. The van der Waals surface area contributed by atoms with Crippen LogP contribution in [-0.2, 0) is 4.79 Å². The third-order valence-electron chi connectivity index (χ3n) is 7.19. The molecule has 1 atom stereocenters. The average molecular weight is 432 g/mol. The largest absolute Gasteiger partial charge is 0.371 e. The topological polar surface area (TPSA) is 26.8 Å². The second kappa shape index (κ2) is 12.3. The second-order valence-electron chi connectivity index (χ2n) is 9.60. The lowest BCUT2D eigenvalue weighted by atomic mass is 9.99. The summed E-state index contributed by atoms with van der Waals surface area (Å²) in [4.78, 5) is 17.1. The number of rotatable bonds is 5. The number of hydrogen-bond acceptors (Lipinski definition) is 3. The number of anilines is 2. The van der Waals surface area contributed by atoms with E-state index in [0.29, 0.717) is 12.0 Å². The summed E-state index contributed by atoms with van der Waals surface area (Å²) in [6.07, 6.45) is 13.7. The summed E-state index contributed by atoms with van der Waals surface area (Å²) in [6, 6.07) is 6.32. The fourth-order valence-corrected chi connectivity index (χ4v) is 5.34. The quantitative estimate of drug-likeness (QED) is 0.432. The summed E-state index contributed by atoms with van der Waals surface area (Å²) in [5.41, 5.74) is 1.83. The lowest BCUT2D eigenvalue weighted by molar-refractivity contribution is -0.120. The van der Waals surface area contributed by atoms with Gasteiger partial charge in [-0.25, -0.2) is 4.39 Å². The number of carbonyl (C=O) groups is 1. The van der Waals surface area contributed by atoms with E-state index in [1.165, 1.54) is 64.2 Å². The first kappa shape index (κ1) is 23.9. The molecule has 174 valence electrons. The minimum atomic E-state index is -0.0569. The molecule has 3 fully saturated rings. The average Bonchev–Trinajstić information content (AvgIpc) is 3.19. The Balaban J connectivity index is 0.000000196. The van der Waals surface area contributed by atoms with Crippen molar-refractivity contribution in [2.45, 2.75) is 84.1 Å². The maximum absolute atomic E-state index is 14.3. The van der Waals surface area contributed by atoms with Crippen molar-refractivity contribution < 1.29 is 9.18 Å². The van der Waals surface area contributed by atoms with Crippen molar-refractivity contribution >= 4 is 17.8 Å². The van der Waals surface area contributed by atoms with Crippen molar-refractivity contribution in [2.75, 3.05) is 42.5 Å². The van der Waals surface area contributed by atoms with Crippen LogP contribution in [0.5, 0.6) is 0 Å². The van der Waals surface area contributed by atoms with Crippen molar-refractivity contribution in [3.8, 4) is 0 Å². The van der Waals surface area contributed by atoms with Gasteiger partial charge in [0.25, 0.3) is 0 Å². The van der Waals surface area contributed by atoms with E-state index >= 15 is 0 Å². The predicted molar refractivity (Wildman–Crippen MR) is 128 cm³/mol. The van der Waals surface area contributed by atoms with Gasteiger partial charge >= 0.3 is 0 Å². The molecule has 1 saturated carbocycles. The van der Waals surface area contributed by atoms with Gasteiger partial charge in [-0.3, -0.25) is 4.79 Å². The molecule has 1 unspecified atom stereocenters. The molecule has 1 aliphatic carbocycles. The molecule has 0 aromatic heterocycles. The maximum Gasteiger partial charge on any atom is 0.209 e. The highest BCUT2D eigenvalue weighted by Gasteiger charge is 2.21. The van der Waals surface area contributed by atoms with E-state index in [-0.39, 0.29) is 5.82 Å². The van der Waals surface area contributed by atoms with Crippen LogP contribution < -0.4 is 9.80 Å². The molecule has 5 heteroatoms. The normalized spacial score (nSPS) is 22.5. The third-order valence-corrected chi connectivity index (χ3v) is 7.19. The van der Waals surface area contributed by atoms with Gasteiger partial charge in [-0.15, -0.1) is 0 Å². The van der Waals surface area contributed by atoms with Gasteiger partial charge in [0.05, 0.1) is 5.69 Å². The van der Waals surface area contributed by atoms with Crippen molar-refractivity contribution in [1.29, 1.82) is 0 Å². The van der Waals surface area contributed by atoms with Gasteiger partial charge in [0.2, 0.25) is 6.41 Å². The molecule has 2 saturated heterocycles. The molecular weight excluding hydrogens is 389 g/mol. The Labute approximate surface area is 188 Å². The highest BCUT2D eigenvalue weighted by molar-refractivity contribution is 5.58. The van der Waals surface area contributed by atoms with Gasteiger partial charge in [-0.1, -0.05) is 32.6 Å². The summed E-state index contributed by atoms with van der Waals surface area (Å²) in [5.74, 6) is 0.616. The Morgan fingerprint density at radius 3 is 2.23 bits per heavy atom. The Kier molecular flexibility index (Phi) is 9.48. The van der Waals surface area contributed by atoms with Crippen LogP contribution in [0.4, 0.5) is 15.8 Å². The Hall–Kier alpha value is -1.78. The van der Waals surface area contributed by atoms with E-state index in [0.717, 1.165) is 50.5 Å². The molecule has 0 radical (unpaired) electrons. The van der Waals surface area contributed by atoms with Gasteiger partial charge in [0, 0.05) is 44.5 Å². The van der Waals surface area contributed by atoms with E-state index in [2.05, 4.69) is 29.7 Å². The summed E-state index contributed by atoms with van der Waals surface area (Å²) in [7, 11) is 0. The lowest BCUT2D eigenvalue weighted by Gasteiger charge is -2.33. The molecule has 4 nitrogen and oxygen atoms in total. The fraction of sp³-hybridized carbons (Fsp3) is 0.731. The van der Waals surface area contributed by atoms with Crippen LogP contribution in [0, 0.1) is 11.7 Å². The molecule has 1 amide bonds. The zero-order valence-corrected chi connectivity index (χ0v) is 19.7. The van der Waals surface area contributed by atoms with E-state index < -0.39 is 0 Å². The molecule has 31 heavy (non-hydrogen) atoms. The number of benzene rings is 1. The molecular formula is C26H42FN3O. The van der Waals surface area contributed by atoms with Gasteiger partial charge < -0.3 is 14.7 Å². The second-order valence-corrected chi connectivity index (χ2v) is 9.60. The molecule has 4 rings (SSSR count). The van der Waals surface area contributed by atoms with Gasteiger partial charge in [0.1, 0.15) is 5.82 Å². The highest BCUT2D eigenvalue weighted by Crippen LogP contribution is 2.30. The molecule has 1 aromatic carbocycles. The van der Waals surface area contributed by atoms with Crippen molar-refractivity contribution in [2.24, 2.45) is 5.92 Å². The van der Waals surface area contributed by atoms with Crippen LogP contribution in [0.2, 0.25) is 0 Å². The number of amides is 1. The summed E-state index contributed by atoms with van der Waals surface area (Å²) >= 11 is 0. The number of halogens is 1. The van der Waals surface area contributed by atoms with Crippen LogP contribution in [0.3, 0.4) is 0 Å². The molecule has 0 spiro atoms. The molecule has 2 aliphatic heterocycles. The summed E-state index contributed by atoms with van der Waals surface area (Å²) in [6.45, 7) is 9.29. The van der Waals surface area contributed by atoms with Crippen LogP contribution in [0.15, 0.2) is 18.2 Å². The number of nitrogens with zero attached hydrogens (tertiary/aromatic N) is 3. The van der Waals surface area contributed by atoms with Gasteiger partial charge in [-0.05, 0) is 69.6 Å². The van der Waals surface area contributed by atoms with E-state index in [9.17, 15) is 9.18 Å². The van der Waals surface area contributed by atoms with Gasteiger partial charge in [-0.2, -0.15) is 0 Å². The van der Waals surface area contributed by atoms with E-state index in [1.807, 2.05) is 11.0 Å². The van der Waals surface area contributed by atoms with Crippen LogP contribution in [-0.4, -0.2) is 50.1 Å². The van der Waals surface area contributed by atoms with Crippen LogP contribution in [0.25, 0.3) is 0 Å². The molecule has 0 bridgehead atoms. The Bertz CT molecular complexity index is 669. The zero-order valence-electron chi connectivity index (χ0n) is 19.7. The first-order chi connectivity index (χ1) is 15.1. The summed E-state index contributed by atoms with van der Waals surface area (Å²) in [5, 5.41) is 0. The minimum absolute atomic E-state index is 0.0569. The number of piperidine rings is 1. The fourth-order valence-electron chi connectivity index (χ4n) is 5.34. The van der Waals surface area contributed by atoms with E-state index in [4.69, 9.17) is 0 Å².